The summed E-state index contributed by atoms with van der Waals surface area (Å²) in [7, 11) is 0. The van der Waals surface area contributed by atoms with E-state index in [9.17, 15) is 5.11 Å². The van der Waals surface area contributed by atoms with E-state index in [0.717, 1.165) is 19.7 Å². The molecule has 4 heteroatoms. The van der Waals surface area contributed by atoms with Crippen LogP contribution in [-0.2, 0) is 11.3 Å². The molecule has 0 aliphatic carbocycles. The van der Waals surface area contributed by atoms with E-state index in [1.807, 2.05) is 0 Å². The Morgan fingerprint density at radius 3 is 2.81 bits per heavy atom. The molecule has 0 spiro atoms. The number of aryl methyl sites for hydroxylation is 1. The van der Waals surface area contributed by atoms with E-state index < -0.39 is 0 Å². The van der Waals surface area contributed by atoms with Crippen LogP contribution in [0.25, 0.3) is 0 Å². The molecule has 1 heterocycles. The van der Waals surface area contributed by atoms with E-state index in [4.69, 9.17) is 4.74 Å². The minimum absolute atomic E-state index is 0.0508. The van der Waals surface area contributed by atoms with E-state index in [2.05, 4.69) is 56.1 Å². The number of ether oxygens (including phenoxy) is 1. The minimum Gasteiger partial charge on any atom is -0.394 e. The largest absolute Gasteiger partial charge is 0.394 e. The quantitative estimate of drug-likeness (QED) is 0.892. The molecule has 0 aromatic heterocycles. The van der Waals surface area contributed by atoms with Crippen LogP contribution in [0.3, 0.4) is 0 Å². The number of nitrogens with one attached hydrogen (secondary N) is 1. The average molecular weight is 292 g/mol. The molecule has 0 saturated carbocycles. The van der Waals surface area contributed by atoms with Crippen LogP contribution < -0.4 is 10.2 Å². The Bertz CT molecular complexity index is 468. The lowest BCUT2D eigenvalue weighted by Gasteiger charge is -2.38. The molecule has 1 aliphatic heterocycles. The van der Waals surface area contributed by atoms with E-state index in [1.165, 1.54) is 16.8 Å². The van der Waals surface area contributed by atoms with Gasteiger partial charge in [0.05, 0.1) is 25.9 Å². The van der Waals surface area contributed by atoms with Crippen molar-refractivity contribution >= 4 is 5.69 Å². The van der Waals surface area contributed by atoms with Crippen molar-refractivity contribution in [2.24, 2.45) is 0 Å². The summed E-state index contributed by atoms with van der Waals surface area (Å²) in [6.45, 7) is 11.7. The Labute approximate surface area is 128 Å². The second-order valence-corrected chi connectivity index (χ2v) is 6.84. The van der Waals surface area contributed by atoms with E-state index in [1.54, 1.807) is 0 Å². The highest BCUT2D eigenvalue weighted by Gasteiger charge is 2.24. The molecule has 0 amide bonds. The summed E-state index contributed by atoms with van der Waals surface area (Å²) in [5.41, 5.74) is 3.84. The van der Waals surface area contributed by atoms with Gasteiger partial charge in [-0.05, 0) is 39.3 Å². The fraction of sp³-hybridized carbons (Fsp3) is 0.647. The third-order valence-corrected chi connectivity index (χ3v) is 3.79. The second kappa shape index (κ2) is 6.77. The van der Waals surface area contributed by atoms with Crippen LogP contribution in [0, 0.1) is 6.92 Å². The highest BCUT2D eigenvalue weighted by atomic mass is 16.5. The van der Waals surface area contributed by atoms with Gasteiger partial charge in [0.2, 0.25) is 0 Å². The fourth-order valence-corrected chi connectivity index (χ4v) is 2.62. The Kier molecular flexibility index (Phi) is 5.25. The van der Waals surface area contributed by atoms with Crippen LogP contribution in [0.2, 0.25) is 0 Å². The highest BCUT2D eigenvalue weighted by Crippen LogP contribution is 2.26. The van der Waals surface area contributed by atoms with Gasteiger partial charge >= 0.3 is 0 Å². The molecule has 1 saturated heterocycles. The van der Waals surface area contributed by atoms with Crippen LogP contribution in [0.4, 0.5) is 5.69 Å². The summed E-state index contributed by atoms with van der Waals surface area (Å²) < 4.78 is 5.49. The van der Waals surface area contributed by atoms with Crippen molar-refractivity contribution in [1.29, 1.82) is 0 Å². The predicted octanol–water partition coefficient (Wildman–Crippen LogP) is 2.08. The zero-order chi connectivity index (χ0) is 15.5. The number of rotatable bonds is 4. The normalized spacial score (nSPS) is 19.9. The molecule has 1 fully saturated rings. The number of hydrogen-bond acceptors (Lipinski definition) is 4. The van der Waals surface area contributed by atoms with Crippen LogP contribution in [0.5, 0.6) is 0 Å². The molecule has 1 atom stereocenters. The fourth-order valence-electron chi connectivity index (χ4n) is 2.62. The number of anilines is 1. The number of hydrogen-bond donors (Lipinski definition) is 2. The van der Waals surface area contributed by atoms with Gasteiger partial charge in [-0.1, -0.05) is 17.7 Å². The van der Waals surface area contributed by atoms with Gasteiger partial charge in [-0.3, -0.25) is 0 Å². The first-order chi connectivity index (χ1) is 9.90. The molecule has 1 aliphatic rings. The third-order valence-electron chi connectivity index (χ3n) is 3.79. The summed E-state index contributed by atoms with van der Waals surface area (Å²) in [5, 5.41) is 13.1. The van der Waals surface area contributed by atoms with Gasteiger partial charge in [-0.2, -0.15) is 0 Å². The standard InChI is InChI=1S/C17H28N2O2/c1-13-5-6-16(14(9-13)10-18-17(2,3)4)19-7-8-21-12-15(19)11-20/h5-6,9,15,18,20H,7-8,10-12H2,1-4H3. The molecule has 1 aromatic rings. The van der Waals surface area contributed by atoms with Crippen LogP contribution >= 0.6 is 0 Å². The molecule has 1 unspecified atom stereocenters. The Morgan fingerprint density at radius 2 is 2.14 bits per heavy atom. The zero-order valence-corrected chi connectivity index (χ0v) is 13.6. The minimum atomic E-state index is 0.0508. The van der Waals surface area contributed by atoms with Crippen molar-refractivity contribution in [2.75, 3.05) is 31.3 Å². The summed E-state index contributed by atoms with van der Waals surface area (Å²) in [4.78, 5) is 2.28. The first kappa shape index (κ1) is 16.3. The SMILES string of the molecule is Cc1ccc(N2CCOCC2CO)c(CNC(C)(C)C)c1. The van der Waals surface area contributed by atoms with Gasteiger partial charge in [0, 0.05) is 24.3 Å². The average Bonchev–Trinajstić information content (AvgIpc) is 2.44. The second-order valence-electron chi connectivity index (χ2n) is 6.84. The highest BCUT2D eigenvalue weighted by molar-refractivity contribution is 5.56. The molecular weight excluding hydrogens is 264 g/mol. The van der Waals surface area contributed by atoms with Gasteiger partial charge in [-0.25, -0.2) is 0 Å². The number of benzene rings is 1. The number of nitrogens with zero attached hydrogens (tertiary/aromatic N) is 1. The first-order valence-electron chi connectivity index (χ1n) is 7.70. The zero-order valence-electron chi connectivity index (χ0n) is 13.6. The molecule has 2 rings (SSSR count). The van der Waals surface area contributed by atoms with E-state index >= 15 is 0 Å². The molecule has 1 aromatic carbocycles. The molecule has 4 nitrogen and oxygen atoms in total. The Balaban J connectivity index is 2.25. The third kappa shape index (κ3) is 4.43. The van der Waals surface area contributed by atoms with Crippen molar-refractivity contribution in [3.8, 4) is 0 Å². The van der Waals surface area contributed by atoms with Gasteiger partial charge in [0.15, 0.2) is 0 Å². The van der Waals surface area contributed by atoms with Crippen molar-refractivity contribution < 1.29 is 9.84 Å². The van der Waals surface area contributed by atoms with Crippen molar-refractivity contribution in [2.45, 2.75) is 45.8 Å². The monoisotopic (exact) mass is 292 g/mol. The van der Waals surface area contributed by atoms with Gasteiger partial charge in [0.1, 0.15) is 0 Å². The summed E-state index contributed by atoms with van der Waals surface area (Å²) >= 11 is 0. The lowest BCUT2D eigenvalue weighted by atomic mass is 10.0. The number of aliphatic hydroxyl groups is 1. The molecule has 21 heavy (non-hydrogen) atoms. The maximum atomic E-state index is 9.59. The number of morpholine rings is 1. The summed E-state index contributed by atoms with van der Waals surface area (Å²) in [6, 6.07) is 6.59. The van der Waals surface area contributed by atoms with Crippen LogP contribution in [-0.4, -0.2) is 43.1 Å². The molecule has 0 radical (unpaired) electrons. The van der Waals surface area contributed by atoms with Crippen LogP contribution in [0.15, 0.2) is 18.2 Å². The van der Waals surface area contributed by atoms with Gasteiger partial charge in [-0.15, -0.1) is 0 Å². The maximum Gasteiger partial charge on any atom is 0.0755 e. The molecule has 0 bridgehead atoms. The van der Waals surface area contributed by atoms with Crippen molar-refractivity contribution in [1.82, 2.24) is 5.32 Å². The van der Waals surface area contributed by atoms with Crippen molar-refractivity contribution in [3.05, 3.63) is 29.3 Å². The Morgan fingerprint density at radius 1 is 1.38 bits per heavy atom. The predicted molar refractivity (Wildman–Crippen MR) is 86.8 cm³/mol. The van der Waals surface area contributed by atoms with E-state index in [-0.39, 0.29) is 18.2 Å². The summed E-state index contributed by atoms with van der Waals surface area (Å²) in [5.74, 6) is 0. The first-order valence-corrected chi connectivity index (χ1v) is 7.70. The molecule has 118 valence electrons. The van der Waals surface area contributed by atoms with Crippen molar-refractivity contribution in [3.63, 3.8) is 0 Å². The van der Waals surface area contributed by atoms with Gasteiger partial charge < -0.3 is 20.1 Å². The lowest BCUT2D eigenvalue weighted by molar-refractivity contribution is 0.0726. The van der Waals surface area contributed by atoms with Gasteiger partial charge in [0.25, 0.3) is 0 Å². The Hall–Kier alpha value is -1.10. The maximum absolute atomic E-state index is 9.59. The van der Waals surface area contributed by atoms with E-state index in [0.29, 0.717) is 6.61 Å². The molecule has 2 N–H and O–H groups in total. The smallest absolute Gasteiger partial charge is 0.0755 e. The molecular formula is C17H28N2O2. The lowest BCUT2D eigenvalue weighted by Crippen LogP contribution is -2.48. The summed E-state index contributed by atoms with van der Waals surface area (Å²) in [6.07, 6.45) is 0. The van der Waals surface area contributed by atoms with Crippen LogP contribution in [0.1, 0.15) is 31.9 Å². The topological polar surface area (TPSA) is 44.7 Å². The number of aliphatic hydroxyl groups excluding tert-OH is 1.